The monoisotopic (exact) mass is 318 g/mol. The van der Waals surface area contributed by atoms with Crippen LogP contribution < -0.4 is 4.74 Å². The summed E-state index contributed by atoms with van der Waals surface area (Å²) >= 11 is 0. The first-order valence-electron chi connectivity index (χ1n) is 7.41. The highest BCUT2D eigenvalue weighted by Crippen LogP contribution is 2.18. The van der Waals surface area contributed by atoms with Crippen LogP contribution in [0.5, 0.6) is 5.88 Å². The highest BCUT2D eigenvalue weighted by Gasteiger charge is 2.28. The van der Waals surface area contributed by atoms with Gasteiger partial charge < -0.3 is 9.64 Å². The molecule has 1 aromatic carbocycles. The summed E-state index contributed by atoms with van der Waals surface area (Å²) in [5, 5.41) is 0. The smallest absolute Gasteiger partial charge is 0.227 e. The molecule has 1 atom stereocenters. The van der Waals surface area contributed by atoms with Crippen LogP contribution in [0.25, 0.3) is 0 Å². The quantitative estimate of drug-likeness (QED) is 0.870. The Labute approximate surface area is 132 Å². The summed E-state index contributed by atoms with van der Waals surface area (Å²) in [6.07, 6.45) is 2.15. The molecule has 1 fully saturated rings. The summed E-state index contributed by atoms with van der Waals surface area (Å²) < 4.78 is 32.2. The molecule has 23 heavy (non-hydrogen) atoms. The van der Waals surface area contributed by atoms with Crippen molar-refractivity contribution in [2.75, 3.05) is 13.1 Å². The van der Waals surface area contributed by atoms with Gasteiger partial charge in [0.15, 0.2) is 0 Å². The van der Waals surface area contributed by atoms with E-state index < -0.39 is 11.6 Å². The molecular weight excluding hydrogens is 302 g/mol. The van der Waals surface area contributed by atoms with Gasteiger partial charge in [-0.25, -0.2) is 13.8 Å². The van der Waals surface area contributed by atoms with Crippen molar-refractivity contribution >= 4 is 5.91 Å². The van der Waals surface area contributed by atoms with Crippen LogP contribution in [-0.2, 0) is 11.2 Å². The molecule has 2 heterocycles. The third-order valence-electron chi connectivity index (χ3n) is 3.78. The van der Waals surface area contributed by atoms with Crippen LogP contribution in [0, 0.1) is 11.6 Å². The zero-order valence-corrected chi connectivity index (χ0v) is 12.4. The fraction of sp³-hybridized carbons (Fsp3) is 0.294. The number of carbonyl (C=O) groups is 1. The van der Waals surface area contributed by atoms with Crippen LogP contribution in [0.2, 0.25) is 0 Å². The van der Waals surface area contributed by atoms with E-state index in [4.69, 9.17) is 4.74 Å². The van der Waals surface area contributed by atoms with E-state index in [9.17, 15) is 13.6 Å². The zero-order chi connectivity index (χ0) is 16.2. The normalized spacial score (nSPS) is 17.3. The van der Waals surface area contributed by atoms with E-state index in [2.05, 4.69) is 4.98 Å². The molecule has 1 unspecified atom stereocenters. The van der Waals surface area contributed by atoms with E-state index in [0.29, 0.717) is 25.4 Å². The highest BCUT2D eigenvalue weighted by atomic mass is 19.1. The minimum absolute atomic E-state index is 0.0809. The van der Waals surface area contributed by atoms with Gasteiger partial charge in [0.25, 0.3) is 0 Å². The van der Waals surface area contributed by atoms with Gasteiger partial charge in [0.2, 0.25) is 11.8 Å². The van der Waals surface area contributed by atoms with Crippen LogP contribution in [0.3, 0.4) is 0 Å². The van der Waals surface area contributed by atoms with Crippen molar-refractivity contribution in [1.29, 1.82) is 0 Å². The van der Waals surface area contributed by atoms with Gasteiger partial charge >= 0.3 is 0 Å². The number of likely N-dealkylation sites (tertiary alicyclic amines) is 1. The van der Waals surface area contributed by atoms with Crippen LogP contribution >= 0.6 is 0 Å². The van der Waals surface area contributed by atoms with Gasteiger partial charge in [-0.2, -0.15) is 0 Å². The first kappa shape index (κ1) is 15.4. The Bertz CT molecular complexity index is 694. The van der Waals surface area contributed by atoms with Crippen LogP contribution in [-0.4, -0.2) is 35.0 Å². The molecule has 0 spiro atoms. The van der Waals surface area contributed by atoms with Gasteiger partial charge in [0, 0.05) is 31.3 Å². The molecule has 0 bridgehead atoms. The summed E-state index contributed by atoms with van der Waals surface area (Å²) in [6, 6.07) is 8.65. The zero-order valence-electron chi connectivity index (χ0n) is 12.4. The molecule has 2 aromatic rings. The van der Waals surface area contributed by atoms with Crippen molar-refractivity contribution in [3.8, 4) is 5.88 Å². The number of rotatable bonds is 4. The number of aromatic nitrogens is 1. The van der Waals surface area contributed by atoms with Crippen molar-refractivity contribution < 1.29 is 18.3 Å². The van der Waals surface area contributed by atoms with E-state index in [1.807, 2.05) is 6.07 Å². The molecule has 3 rings (SSSR count). The van der Waals surface area contributed by atoms with Crippen molar-refractivity contribution in [3.05, 3.63) is 59.8 Å². The molecular formula is C17H16F2N2O2. The maximum Gasteiger partial charge on any atom is 0.227 e. The first-order valence-corrected chi connectivity index (χ1v) is 7.41. The Kier molecular flexibility index (Phi) is 4.50. The average molecular weight is 318 g/mol. The molecule has 0 aliphatic carbocycles. The van der Waals surface area contributed by atoms with E-state index in [0.717, 1.165) is 12.1 Å². The molecule has 0 N–H and O–H groups in total. The molecule has 1 aliphatic rings. The lowest BCUT2D eigenvalue weighted by Gasteiger charge is -2.17. The first-order chi connectivity index (χ1) is 11.1. The molecule has 1 saturated heterocycles. The largest absolute Gasteiger partial charge is 0.472 e. The second-order valence-corrected chi connectivity index (χ2v) is 5.45. The summed E-state index contributed by atoms with van der Waals surface area (Å²) in [5.41, 5.74) is 0.200. The van der Waals surface area contributed by atoms with Gasteiger partial charge in [0.05, 0.1) is 13.0 Å². The van der Waals surface area contributed by atoms with E-state index in [1.54, 1.807) is 23.2 Å². The van der Waals surface area contributed by atoms with Gasteiger partial charge in [0.1, 0.15) is 17.7 Å². The van der Waals surface area contributed by atoms with Crippen LogP contribution in [0.4, 0.5) is 8.78 Å². The molecule has 1 aromatic heterocycles. The Hall–Kier alpha value is -2.50. The van der Waals surface area contributed by atoms with Crippen molar-refractivity contribution in [2.24, 2.45) is 0 Å². The van der Waals surface area contributed by atoms with Crippen molar-refractivity contribution in [3.63, 3.8) is 0 Å². The number of amides is 1. The Morgan fingerprint density at radius 2 is 2.17 bits per heavy atom. The topological polar surface area (TPSA) is 42.4 Å². The molecule has 6 heteroatoms. The summed E-state index contributed by atoms with van der Waals surface area (Å²) in [4.78, 5) is 18.0. The highest BCUT2D eigenvalue weighted by molar-refractivity contribution is 5.79. The number of carbonyl (C=O) groups excluding carboxylic acids is 1. The lowest BCUT2D eigenvalue weighted by atomic mass is 10.1. The Balaban J connectivity index is 1.57. The standard InChI is InChI=1S/C17H16F2N2O2/c18-13-5-4-12(15(19)10-13)9-17(22)21-8-6-14(11-21)23-16-3-1-2-7-20-16/h1-5,7,10,14H,6,8-9,11H2. The number of pyridine rings is 1. The summed E-state index contributed by atoms with van der Waals surface area (Å²) in [5.74, 6) is -1.01. The lowest BCUT2D eigenvalue weighted by molar-refractivity contribution is -0.129. The predicted octanol–water partition coefficient (Wildman–Crippen LogP) is 2.58. The van der Waals surface area contributed by atoms with E-state index >= 15 is 0 Å². The molecule has 0 radical (unpaired) electrons. The predicted molar refractivity (Wildman–Crippen MR) is 79.9 cm³/mol. The Morgan fingerprint density at radius 3 is 2.91 bits per heavy atom. The molecule has 1 aliphatic heterocycles. The maximum absolute atomic E-state index is 13.6. The number of hydrogen-bond donors (Lipinski definition) is 0. The fourth-order valence-corrected chi connectivity index (χ4v) is 2.58. The number of hydrogen-bond acceptors (Lipinski definition) is 3. The van der Waals surface area contributed by atoms with Gasteiger partial charge in [-0.05, 0) is 17.7 Å². The second kappa shape index (κ2) is 6.73. The van der Waals surface area contributed by atoms with E-state index in [-0.39, 0.29) is 24.0 Å². The molecule has 120 valence electrons. The average Bonchev–Trinajstić information content (AvgIpc) is 3.00. The van der Waals surface area contributed by atoms with Crippen molar-refractivity contribution in [1.82, 2.24) is 9.88 Å². The molecule has 1 amide bonds. The lowest BCUT2D eigenvalue weighted by Crippen LogP contribution is -2.32. The van der Waals surface area contributed by atoms with Gasteiger partial charge in [-0.3, -0.25) is 4.79 Å². The Morgan fingerprint density at radius 1 is 1.30 bits per heavy atom. The SMILES string of the molecule is O=C(Cc1ccc(F)cc1F)N1CCC(Oc2ccccn2)C1. The number of nitrogens with zero attached hydrogens (tertiary/aromatic N) is 2. The summed E-state index contributed by atoms with van der Waals surface area (Å²) in [6.45, 7) is 0.997. The number of benzene rings is 1. The summed E-state index contributed by atoms with van der Waals surface area (Å²) in [7, 11) is 0. The third-order valence-corrected chi connectivity index (χ3v) is 3.78. The fourth-order valence-electron chi connectivity index (χ4n) is 2.58. The third kappa shape index (κ3) is 3.83. The number of ether oxygens (including phenoxy) is 1. The number of halogens is 2. The van der Waals surface area contributed by atoms with Crippen LogP contribution in [0.1, 0.15) is 12.0 Å². The maximum atomic E-state index is 13.6. The minimum Gasteiger partial charge on any atom is -0.472 e. The van der Waals surface area contributed by atoms with Crippen LogP contribution in [0.15, 0.2) is 42.6 Å². The van der Waals surface area contributed by atoms with Gasteiger partial charge in [-0.1, -0.05) is 12.1 Å². The molecule has 0 saturated carbocycles. The van der Waals surface area contributed by atoms with Gasteiger partial charge in [-0.15, -0.1) is 0 Å². The van der Waals surface area contributed by atoms with E-state index in [1.165, 1.54) is 6.07 Å². The minimum atomic E-state index is -0.696. The second-order valence-electron chi connectivity index (χ2n) is 5.45. The van der Waals surface area contributed by atoms with Crippen molar-refractivity contribution in [2.45, 2.75) is 18.9 Å². The molecule has 4 nitrogen and oxygen atoms in total.